The van der Waals surface area contributed by atoms with Crippen LogP contribution in [0.3, 0.4) is 0 Å². The summed E-state index contributed by atoms with van der Waals surface area (Å²) in [4.78, 5) is 0. The van der Waals surface area contributed by atoms with Crippen molar-refractivity contribution in [1.82, 2.24) is 0 Å². The van der Waals surface area contributed by atoms with Crippen molar-refractivity contribution in [2.24, 2.45) is 0 Å². The third-order valence-corrected chi connectivity index (χ3v) is 3.83. The van der Waals surface area contributed by atoms with Gasteiger partial charge in [-0.3, -0.25) is 0 Å². The molecular formula is C6H2Si4. The summed E-state index contributed by atoms with van der Waals surface area (Å²) >= 11 is 0. The molecule has 10 heavy (non-hydrogen) atoms. The van der Waals surface area contributed by atoms with Crippen LogP contribution < -0.4 is 20.7 Å². The van der Waals surface area contributed by atoms with Crippen molar-refractivity contribution >= 4 is 61.7 Å². The molecule has 1 aromatic rings. The molecule has 0 aromatic heterocycles. The molecule has 1 aromatic carbocycles. The van der Waals surface area contributed by atoms with E-state index in [1.807, 2.05) is 12.1 Å². The van der Waals surface area contributed by atoms with Crippen LogP contribution in [0, 0.1) is 0 Å². The standard InChI is InChI=1S/C6H2Si4/c7-3-1-2-4(8)6(10)5(3)9/h1-2H. The molecule has 0 saturated heterocycles. The summed E-state index contributed by atoms with van der Waals surface area (Å²) in [7, 11) is 13.8. The Labute approximate surface area is 74.1 Å². The summed E-state index contributed by atoms with van der Waals surface area (Å²) in [6.45, 7) is 0. The van der Waals surface area contributed by atoms with Gasteiger partial charge in [-0.2, -0.15) is 0 Å². The van der Waals surface area contributed by atoms with Gasteiger partial charge in [0.25, 0.3) is 0 Å². The zero-order valence-electron chi connectivity index (χ0n) is 5.15. The lowest BCUT2D eigenvalue weighted by molar-refractivity contribution is 1.96. The highest BCUT2D eigenvalue weighted by atomic mass is 28.2. The molecule has 0 nitrogen and oxygen atoms in total. The summed E-state index contributed by atoms with van der Waals surface area (Å²) in [6.07, 6.45) is 0. The molecule has 0 aliphatic rings. The van der Waals surface area contributed by atoms with Gasteiger partial charge >= 0.3 is 0 Å². The zero-order valence-corrected chi connectivity index (χ0v) is 9.15. The third-order valence-electron chi connectivity index (χ3n) is 1.21. The second-order valence-corrected chi connectivity index (χ2v) is 3.99. The Bertz CT molecular complexity index is 229. The molecule has 0 aliphatic heterocycles. The van der Waals surface area contributed by atoms with E-state index in [4.69, 9.17) is 0 Å². The average molecular weight is 186 g/mol. The quantitative estimate of drug-likeness (QED) is 0.376. The number of hydrogen-bond acceptors (Lipinski definition) is 0. The smallest absolute Gasteiger partial charge is 0.0705 e. The second-order valence-electron chi connectivity index (χ2n) is 1.91. The molecule has 0 heterocycles. The highest BCUT2D eigenvalue weighted by Crippen LogP contribution is 1.67. The summed E-state index contributed by atoms with van der Waals surface area (Å²) < 4.78 is 0. The molecule has 0 atom stereocenters. The number of benzene rings is 1. The summed E-state index contributed by atoms with van der Waals surface area (Å²) in [5, 5.41) is 4.09. The second kappa shape index (κ2) is 3.00. The maximum atomic E-state index is 3.45. The van der Waals surface area contributed by atoms with E-state index in [1.54, 1.807) is 0 Å². The van der Waals surface area contributed by atoms with E-state index in [1.165, 1.54) is 0 Å². The van der Waals surface area contributed by atoms with Gasteiger partial charge in [0.1, 0.15) is 0 Å². The average Bonchev–Trinajstić information content (AvgIpc) is 1.93. The minimum absolute atomic E-state index is 1.01. The fourth-order valence-corrected chi connectivity index (χ4v) is 1.71. The maximum absolute atomic E-state index is 3.45. The number of hydrogen-bond donors (Lipinski definition) is 0. The molecular weight excluding hydrogens is 184 g/mol. The van der Waals surface area contributed by atoms with Gasteiger partial charge in [0, 0.05) is 0 Å². The predicted molar refractivity (Wildman–Crippen MR) is 48.0 cm³/mol. The fourth-order valence-electron chi connectivity index (χ4n) is 0.603. The lowest BCUT2D eigenvalue weighted by Gasteiger charge is -2.06. The Morgan fingerprint density at radius 1 is 0.700 bits per heavy atom. The van der Waals surface area contributed by atoms with Gasteiger partial charge in [-0.15, -0.1) is 0 Å². The molecule has 0 N–H and O–H groups in total. The van der Waals surface area contributed by atoms with Crippen molar-refractivity contribution in [2.75, 3.05) is 0 Å². The van der Waals surface area contributed by atoms with Gasteiger partial charge in [0.05, 0.1) is 41.0 Å². The Kier molecular flexibility index (Phi) is 2.45. The van der Waals surface area contributed by atoms with Crippen molar-refractivity contribution in [3.05, 3.63) is 12.1 Å². The van der Waals surface area contributed by atoms with Gasteiger partial charge in [0.15, 0.2) is 0 Å². The van der Waals surface area contributed by atoms with E-state index >= 15 is 0 Å². The van der Waals surface area contributed by atoms with Crippen molar-refractivity contribution < 1.29 is 0 Å². The SMILES string of the molecule is [Si]c1ccc([Si])c([Si])c1[Si]. The molecule has 42 valence electrons. The first-order valence-corrected chi connectivity index (χ1v) is 4.66. The molecule has 12 radical (unpaired) electrons. The van der Waals surface area contributed by atoms with Crippen molar-refractivity contribution in [1.29, 1.82) is 0 Å². The van der Waals surface area contributed by atoms with Crippen LogP contribution in [-0.2, 0) is 0 Å². The van der Waals surface area contributed by atoms with Gasteiger partial charge in [-0.25, -0.2) is 0 Å². The first-order chi connectivity index (χ1) is 4.63. The van der Waals surface area contributed by atoms with E-state index in [2.05, 4.69) is 41.0 Å². The molecule has 0 bridgehead atoms. The lowest BCUT2D eigenvalue weighted by Crippen LogP contribution is -2.46. The molecule has 0 spiro atoms. The van der Waals surface area contributed by atoms with Crippen molar-refractivity contribution in [3.63, 3.8) is 0 Å². The maximum Gasteiger partial charge on any atom is 0.0709 e. The molecule has 0 saturated carbocycles. The normalized spacial score (nSPS) is 10.0. The first kappa shape index (κ1) is 8.19. The van der Waals surface area contributed by atoms with Crippen LogP contribution in [-0.4, -0.2) is 41.0 Å². The largest absolute Gasteiger partial charge is 0.0709 e. The number of rotatable bonds is 0. The lowest BCUT2D eigenvalue weighted by atomic mass is 10.3. The molecule has 1 rings (SSSR count). The van der Waals surface area contributed by atoms with Crippen LogP contribution >= 0.6 is 0 Å². The van der Waals surface area contributed by atoms with Crippen LogP contribution in [0.1, 0.15) is 0 Å². The van der Waals surface area contributed by atoms with E-state index < -0.39 is 0 Å². The third kappa shape index (κ3) is 1.39. The van der Waals surface area contributed by atoms with Gasteiger partial charge in [-0.05, 0) is 0 Å². The van der Waals surface area contributed by atoms with Crippen LogP contribution in [0.15, 0.2) is 12.1 Å². The summed E-state index contributed by atoms with van der Waals surface area (Å²) in [5.41, 5.74) is 0. The van der Waals surface area contributed by atoms with Gasteiger partial charge < -0.3 is 0 Å². The van der Waals surface area contributed by atoms with Crippen LogP contribution in [0.25, 0.3) is 0 Å². The fraction of sp³-hybridized carbons (Fsp3) is 0. The highest BCUT2D eigenvalue weighted by molar-refractivity contribution is 6.62. The zero-order chi connectivity index (χ0) is 7.72. The molecule has 0 amide bonds. The molecule has 0 fully saturated rings. The highest BCUT2D eigenvalue weighted by Gasteiger charge is 1.97. The van der Waals surface area contributed by atoms with Crippen molar-refractivity contribution in [3.8, 4) is 0 Å². The minimum Gasteiger partial charge on any atom is -0.0705 e. The Morgan fingerprint density at radius 3 is 1.30 bits per heavy atom. The van der Waals surface area contributed by atoms with Gasteiger partial charge in [-0.1, -0.05) is 32.9 Å². The Hall–Kier alpha value is 0.0875. The minimum atomic E-state index is 1.01. The van der Waals surface area contributed by atoms with Crippen LogP contribution in [0.5, 0.6) is 0 Å². The van der Waals surface area contributed by atoms with Crippen LogP contribution in [0.4, 0.5) is 0 Å². The summed E-state index contributed by atoms with van der Waals surface area (Å²) in [5.74, 6) is 0. The van der Waals surface area contributed by atoms with E-state index in [0.717, 1.165) is 20.7 Å². The topological polar surface area (TPSA) is 0 Å². The van der Waals surface area contributed by atoms with E-state index in [-0.39, 0.29) is 0 Å². The summed E-state index contributed by atoms with van der Waals surface area (Å²) in [6, 6.07) is 3.93. The monoisotopic (exact) mass is 186 g/mol. The first-order valence-electron chi connectivity index (χ1n) is 2.66. The Morgan fingerprint density at radius 2 is 1.00 bits per heavy atom. The Balaban J connectivity index is 3.34. The van der Waals surface area contributed by atoms with Crippen molar-refractivity contribution in [2.45, 2.75) is 0 Å². The van der Waals surface area contributed by atoms with Gasteiger partial charge in [0.2, 0.25) is 0 Å². The van der Waals surface area contributed by atoms with E-state index in [0.29, 0.717) is 0 Å². The van der Waals surface area contributed by atoms with Crippen LogP contribution in [0.2, 0.25) is 0 Å². The molecule has 4 heteroatoms. The predicted octanol–water partition coefficient (Wildman–Crippen LogP) is -3.14. The molecule has 0 aliphatic carbocycles. The van der Waals surface area contributed by atoms with E-state index in [9.17, 15) is 0 Å². The molecule has 0 unspecified atom stereocenters.